The van der Waals surface area contributed by atoms with Gasteiger partial charge in [-0.05, 0) is 37.1 Å². The summed E-state index contributed by atoms with van der Waals surface area (Å²) in [6.07, 6.45) is 5.87. The van der Waals surface area contributed by atoms with E-state index in [2.05, 4.69) is 44.2 Å². The van der Waals surface area contributed by atoms with Crippen LogP contribution < -0.4 is 5.73 Å². The van der Waals surface area contributed by atoms with Gasteiger partial charge in [0.15, 0.2) is 5.65 Å². The molecule has 1 saturated heterocycles. The van der Waals surface area contributed by atoms with Gasteiger partial charge in [-0.1, -0.05) is 24.3 Å². The molecule has 1 aliphatic heterocycles. The minimum Gasteiger partial charge on any atom is -0.383 e. The van der Waals surface area contributed by atoms with Gasteiger partial charge in [-0.3, -0.25) is 4.90 Å². The quantitative estimate of drug-likeness (QED) is 0.798. The number of hydrogen-bond donors (Lipinski definition) is 1. The van der Waals surface area contributed by atoms with E-state index in [-0.39, 0.29) is 0 Å². The second-order valence-electron chi connectivity index (χ2n) is 6.10. The van der Waals surface area contributed by atoms with Gasteiger partial charge < -0.3 is 5.73 Å². The van der Waals surface area contributed by atoms with Gasteiger partial charge in [-0.25, -0.2) is 14.6 Å². The molecule has 118 valence electrons. The number of nitrogens with two attached hydrogens (primary N) is 1. The van der Waals surface area contributed by atoms with Crippen LogP contribution in [0.5, 0.6) is 0 Å². The minimum absolute atomic E-state index is 0.474. The summed E-state index contributed by atoms with van der Waals surface area (Å²) >= 11 is 0. The SMILES string of the molecule is Nc1ncnc2c1cnn2Cc1ccc(CN2CCCC2)cc1. The summed E-state index contributed by atoms with van der Waals surface area (Å²) in [6, 6.07) is 8.76. The molecule has 4 rings (SSSR count). The molecular weight excluding hydrogens is 288 g/mol. The highest BCUT2D eigenvalue weighted by atomic mass is 15.3. The molecule has 6 heteroatoms. The molecular formula is C17H20N6. The van der Waals surface area contributed by atoms with Crippen LogP contribution in [0.1, 0.15) is 24.0 Å². The van der Waals surface area contributed by atoms with Crippen molar-refractivity contribution in [2.75, 3.05) is 18.8 Å². The van der Waals surface area contributed by atoms with E-state index in [1.807, 2.05) is 4.68 Å². The molecule has 0 bridgehead atoms. The monoisotopic (exact) mass is 308 g/mol. The molecule has 0 saturated carbocycles. The van der Waals surface area contributed by atoms with Crippen molar-refractivity contribution >= 4 is 16.9 Å². The highest BCUT2D eigenvalue weighted by Gasteiger charge is 2.12. The van der Waals surface area contributed by atoms with Crippen molar-refractivity contribution < 1.29 is 0 Å². The number of nitrogen functional groups attached to an aromatic ring is 1. The van der Waals surface area contributed by atoms with Gasteiger partial charge in [0.1, 0.15) is 12.1 Å². The summed E-state index contributed by atoms with van der Waals surface area (Å²) < 4.78 is 1.86. The summed E-state index contributed by atoms with van der Waals surface area (Å²) in [5, 5.41) is 5.19. The predicted molar refractivity (Wildman–Crippen MR) is 89.8 cm³/mol. The maximum Gasteiger partial charge on any atom is 0.163 e. The normalized spacial score (nSPS) is 15.5. The van der Waals surface area contributed by atoms with E-state index in [0.29, 0.717) is 12.4 Å². The Kier molecular flexibility index (Phi) is 3.67. The largest absolute Gasteiger partial charge is 0.383 e. The average Bonchev–Trinajstić information content (AvgIpc) is 3.20. The first-order valence-corrected chi connectivity index (χ1v) is 8.02. The third-order valence-corrected chi connectivity index (χ3v) is 4.42. The van der Waals surface area contributed by atoms with Crippen LogP contribution in [0.3, 0.4) is 0 Å². The van der Waals surface area contributed by atoms with E-state index in [1.165, 1.54) is 43.4 Å². The molecule has 6 nitrogen and oxygen atoms in total. The second-order valence-corrected chi connectivity index (χ2v) is 6.10. The van der Waals surface area contributed by atoms with Gasteiger partial charge in [0.05, 0.1) is 18.1 Å². The first-order valence-electron chi connectivity index (χ1n) is 8.02. The van der Waals surface area contributed by atoms with Crippen LogP contribution in [0.25, 0.3) is 11.0 Å². The van der Waals surface area contributed by atoms with Crippen LogP contribution in [0, 0.1) is 0 Å². The van der Waals surface area contributed by atoms with E-state index < -0.39 is 0 Å². The highest BCUT2D eigenvalue weighted by molar-refractivity contribution is 5.84. The Bertz CT molecular complexity index is 802. The van der Waals surface area contributed by atoms with Crippen molar-refractivity contribution in [3.63, 3.8) is 0 Å². The third kappa shape index (κ3) is 2.90. The molecule has 1 aliphatic rings. The summed E-state index contributed by atoms with van der Waals surface area (Å²) in [5.74, 6) is 0.474. The fourth-order valence-corrected chi connectivity index (χ4v) is 3.15. The van der Waals surface area contributed by atoms with Crippen molar-refractivity contribution in [1.29, 1.82) is 0 Å². The summed E-state index contributed by atoms with van der Waals surface area (Å²) in [4.78, 5) is 10.8. The van der Waals surface area contributed by atoms with E-state index >= 15 is 0 Å². The Morgan fingerprint density at radius 2 is 1.65 bits per heavy atom. The first-order chi connectivity index (χ1) is 11.3. The lowest BCUT2D eigenvalue weighted by atomic mass is 10.1. The molecule has 0 radical (unpaired) electrons. The van der Waals surface area contributed by atoms with Gasteiger partial charge >= 0.3 is 0 Å². The maximum atomic E-state index is 5.85. The molecule has 1 aromatic carbocycles. The number of fused-ring (bicyclic) bond motifs is 1. The van der Waals surface area contributed by atoms with Gasteiger partial charge in [0.25, 0.3) is 0 Å². The van der Waals surface area contributed by atoms with Crippen LogP contribution in [0.15, 0.2) is 36.8 Å². The smallest absolute Gasteiger partial charge is 0.163 e. The Labute approximate surface area is 135 Å². The van der Waals surface area contributed by atoms with Crippen LogP contribution >= 0.6 is 0 Å². The minimum atomic E-state index is 0.474. The Balaban J connectivity index is 1.50. The molecule has 1 fully saturated rings. The van der Waals surface area contributed by atoms with Crippen LogP contribution in [0.2, 0.25) is 0 Å². The number of nitrogens with zero attached hydrogens (tertiary/aromatic N) is 5. The van der Waals surface area contributed by atoms with Crippen molar-refractivity contribution in [3.05, 3.63) is 47.9 Å². The zero-order valence-electron chi connectivity index (χ0n) is 13.0. The molecule has 0 spiro atoms. The fraction of sp³-hybridized carbons (Fsp3) is 0.353. The van der Waals surface area contributed by atoms with Crippen molar-refractivity contribution in [3.8, 4) is 0 Å². The molecule has 0 atom stereocenters. The molecule has 3 aromatic rings. The summed E-state index contributed by atoms with van der Waals surface area (Å²) in [6.45, 7) is 4.18. The molecule has 3 heterocycles. The standard InChI is InChI=1S/C17H20N6/c18-16-15-9-21-23(17(15)20-12-19-16)11-14-5-3-13(4-6-14)10-22-7-1-2-8-22/h3-6,9,12H,1-2,7-8,10-11H2,(H2,18,19,20). The Morgan fingerprint density at radius 1 is 0.957 bits per heavy atom. The van der Waals surface area contributed by atoms with Crippen molar-refractivity contribution in [1.82, 2.24) is 24.6 Å². The topological polar surface area (TPSA) is 72.9 Å². The predicted octanol–water partition coefficient (Wildman–Crippen LogP) is 2.05. The lowest BCUT2D eigenvalue weighted by molar-refractivity contribution is 0.331. The zero-order chi connectivity index (χ0) is 15.6. The second kappa shape index (κ2) is 5.96. The van der Waals surface area contributed by atoms with E-state index in [0.717, 1.165) is 17.6 Å². The number of rotatable bonds is 4. The molecule has 2 aromatic heterocycles. The van der Waals surface area contributed by atoms with Crippen LogP contribution in [-0.4, -0.2) is 37.7 Å². The van der Waals surface area contributed by atoms with Crippen molar-refractivity contribution in [2.45, 2.75) is 25.9 Å². The molecule has 0 amide bonds. The van der Waals surface area contributed by atoms with E-state index in [4.69, 9.17) is 5.73 Å². The average molecular weight is 308 g/mol. The van der Waals surface area contributed by atoms with Gasteiger partial charge in [-0.15, -0.1) is 0 Å². The Morgan fingerprint density at radius 3 is 2.39 bits per heavy atom. The summed E-state index contributed by atoms with van der Waals surface area (Å²) in [7, 11) is 0. The molecule has 0 unspecified atom stereocenters. The summed E-state index contributed by atoms with van der Waals surface area (Å²) in [5.41, 5.74) is 9.20. The number of anilines is 1. The van der Waals surface area contributed by atoms with Gasteiger partial charge in [-0.2, -0.15) is 5.10 Å². The fourth-order valence-electron chi connectivity index (χ4n) is 3.15. The number of benzene rings is 1. The number of likely N-dealkylation sites (tertiary alicyclic amines) is 1. The van der Waals surface area contributed by atoms with E-state index in [1.54, 1.807) is 6.20 Å². The van der Waals surface area contributed by atoms with E-state index in [9.17, 15) is 0 Å². The maximum absolute atomic E-state index is 5.85. The number of hydrogen-bond acceptors (Lipinski definition) is 5. The molecule has 0 aliphatic carbocycles. The first kappa shape index (κ1) is 14.1. The lowest BCUT2D eigenvalue weighted by Crippen LogP contribution is -2.18. The zero-order valence-corrected chi connectivity index (χ0v) is 13.0. The van der Waals surface area contributed by atoms with Crippen LogP contribution in [-0.2, 0) is 13.1 Å². The van der Waals surface area contributed by atoms with Gasteiger partial charge in [0.2, 0.25) is 0 Å². The van der Waals surface area contributed by atoms with Crippen LogP contribution in [0.4, 0.5) is 5.82 Å². The van der Waals surface area contributed by atoms with Gasteiger partial charge in [0, 0.05) is 6.54 Å². The molecule has 2 N–H and O–H groups in total. The molecule has 23 heavy (non-hydrogen) atoms. The lowest BCUT2D eigenvalue weighted by Gasteiger charge is -2.14. The highest BCUT2D eigenvalue weighted by Crippen LogP contribution is 2.17. The van der Waals surface area contributed by atoms with Crippen molar-refractivity contribution in [2.24, 2.45) is 0 Å². The Hall–Kier alpha value is -2.47. The number of aromatic nitrogens is 4. The third-order valence-electron chi connectivity index (χ3n) is 4.42.